The fourth-order valence-corrected chi connectivity index (χ4v) is 0.899. The third-order valence-corrected chi connectivity index (χ3v) is 1.37. The third kappa shape index (κ3) is 2.43. The first-order chi connectivity index (χ1) is 6.11. The highest BCUT2D eigenvalue weighted by Gasteiger charge is 2.11. The molecule has 0 radical (unpaired) electrons. The average molecular weight is 181 g/mol. The molecule has 0 spiro atoms. The summed E-state index contributed by atoms with van der Waals surface area (Å²) in [5, 5.41) is 8.76. The van der Waals surface area contributed by atoms with Crippen molar-refractivity contribution in [3.8, 4) is 5.75 Å². The highest BCUT2D eigenvalue weighted by Crippen LogP contribution is 2.17. The van der Waals surface area contributed by atoms with Gasteiger partial charge in [-0.05, 0) is 19.9 Å². The van der Waals surface area contributed by atoms with Crippen molar-refractivity contribution < 1.29 is 14.6 Å². The number of carbonyl (C=O) groups is 1. The molecule has 13 heavy (non-hydrogen) atoms. The van der Waals surface area contributed by atoms with Gasteiger partial charge >= 0.3 is 5.97 Å². The van der Waals surface area contributed by atoms with Crippen LogP contribution in [-0.4, -0.2) is 22.2 Å². The van der Waals surface area contributed by atoms with E-state index in [0.717, 1.165) is 0 Å². The lowest BCUT2D eigenvalue weighted by molar-refractivity contribution is 0.0690. The molecular formula is C9H11NO3. The Balaban J connectivity index is 2.98. The number of carboxylic acid groups (broad SMARTS) is 1. The number of aromatic nitrogens is 1. The number of hydrogen-bond donors (Lipinski definition) is 1. The van der Waals surface area contributed by atoms with Gasteiger partial charge in [-0.15, -0.1) is 0 Å². The van der Waals surface area contributed by atoms with Crippen LogP contribution in [0.2, 0.25) is 0 Å². The van der Waals surface area contributed by atoms with Crippen molar-refractivity contribution in [3.05, 3.63) is 24.0 Å². The van der Waals surface area contributed by atoms with Crippen molar-refractivity contribution in [1.82, 2.24) is 4.98 Å². The van der Waals surface area contributed by atoms with Crippen LogP contribution in [-0.2, 0) is 0 Å². The van der Waals surface area contributed by atoms with E-state index in [1.54, 1.807) is 6.07 Å². The van der Waals surface area contributed by atoms with Crippen molar-refractivity contribution in [1.29, 1.82) is 0 Å². The lowest BCUT2D eigenvalue weighted by atomic mass is 10.2. The second-order valence-electron chi connectivity index (χ2n) is 2.84. The Bertz CT molecular complexity index is 309. The van der Waals surface area contributed by atoms with Crippen LogP contribution in [0.5, 0.6) is 5.75 Å². The van der Waals surface area contributed by atoms with Gasteiger partial charge in [-0.1, -0.05) is 0 Å². The van der Waals surface area contributed by atoms with E-state index in [-0.39, 0.29) is 11.7 Å². The molecule has 0 bridgehead atoms. The Labute approximate surface area is 76.2 Å². The Morgan fingerprint density at radius 1 is 1.62 bits per heavy atom. The van der Waals surface area contributed by atoms with Gasteiger partial charge in [-0.25, -0.2) is 4.79 Å². The topological polar surface area (TPSA) is 59.4 Å². The van der Waals surface area contributed by atoms with E-state index in [1.165, 1.54) is 12.4 Å². The van der Waals surface area contributed by atoms with Crippen LogP contribution < -0.4 is 4.74 Å². The fraction of sp³-hybridized carbons (Fsp3) is 0.333. The largest absolute Gasteiger partial charge is 0.490 e. The summed E-state index contributed by atoms with van der Waals surface area (Å²) in [6.07, 6.45) is 2.74. The van der Waals surface area contributed by atoms with E-state index >= 15 is 0 Å². The molecule has 0 aliphatic carbocycles. The molecule has 1 aromatic rings. The standard InChI is InChI=1S/C9H11NO3/c1-6(2)13-8-3-4-10-5-7(8)9(11)12/h3-6H,1-2H3,(H,11,12). The third-order valence-electron chi connectivity index (χ3n) is 1.37. The molecule has 0 fully saturated rings. The van der Waals surface area contributed by atoms with E-state index in [2.05, 4.69) is 4.98 Å². The molecule has 1 rings (SSSR count). The average Bonchev–Trinajstić information content (AvgIpc) is 2.03. The lowest BCUT2D eigenvalue weighted by Gasteiger charge is -2.10. The Morgan fingerprint density at radius 3 is 2.85 bits per heavy atom. The quantitative estimate of drug-likeness (QED) is 0.768. The van der Waals surface area contributed by atoms with Gasteiger partial charge in [-0.3, -0.25) is 4.98 Å². The van der Waals surface area contributed by atoms with Gasteiger partial charge in [0.1, 0.15) is 11.3 Å². The van der Waals surface area contributed by atoms with Gasteiger partial charge in [0.15, 0.2) is 0 Å². The zero-order valence-electron chi connectivity index (χ0n) is 7.52. The zero-order chi connectivity index (χ0) is 9.84. The van der Waals surface area contributed by atoms with Crippen LogP contribution in [0.3, 0.4) is 0 Å². The maximum atomic E-state index is 10.7. The number of rotatable bonds is 3. The SMILES string of the molecule is CC(C)Oc1ccncc1C(=O)O. The number of hydrogen-bond acceptors (Lipinski definition) is 3. The number of ether oxygens (including phenoxy) is 1. The molecule has 0 saturated heterocycles. The van der Waals surface area contributed by atoms with Crippen molar-refractivity contribution in [2.24, 2.45) is 0 Å². The lowest BCUT2D eigenvalue weighted by Crippen LogP contribution is -2.09. The van der Waals surface area contributed by atoms with Crippen LogP contribution in [0.15, 0.2) is 18.5 Å². The van der Waals surface area contributed by atoms with Gasteiger partial charge in [0.25, 0.3) is 0 Å². The van der Waals surface area contributed by atoms with Gasteiger partial charge in [0.2, 0.25) is 0 Å². The molecule has 0 amide bonds. The summed E-state index contributed by atoms with van der Waals surface area (Å²) in [7, 11) is 0. The van der Waals surface area contributed by atoms with Crippen LogP contribution in [0.1, 0.15) is 24.2 Å². The first kappa shape index (κ1) is 9.51. The Kier molecular flexibility index (Phi) is 2.84. The maximum Gasteiger partial charge on any atom is 0.341 e. The van der Waals surface area contributed by atoms with Crippen LogP contribution in [0.25, 0.3) is 0 Å². The number of nitrogens with zero attached hydrogens (tertiary/aromatic N) is 1. The predicted molar refractivity (Wildman–Crippen MR) is 47.0 cm³/mol. The van der Waals surface area contributed by atoms with Crippen LogP contribution >= 0.6 is 0 Å². The van der Waals surface area contributed by atoms with Crippen molar-refractivity contribution >= 4 is 5.97 Å². The first-order valence-corrected chi connectivity index (χ1v) is 3.95. The maximum absolute atomic E-state index is 10.7. The summed E-state index contributed by atoms with van der Waals surface area (Å²) in [6, 6.07) is 1.55. The Morgan fingerprint density at radius 2 is 2.31 bits per heavy atom. The minimum absolute atomic E-state index is 0.0412. The zero-order valence-corrected chi connectivity index (χ0v) is 7.52. The fourth-order valence-electron chi connectivity index (χ4n) is 0.899. The van der Waals surface area contributed by atoms with E-state index < -0.39 is 5.97 Å². The van der Waals surface area contributed by atoms with Gasteiger partial charge in [0.05, 0.1) is 6.10 Å². The molecule has 70 valence electrons. The molecule has 0 aromatic carbocycles. The second kappa shape index (κ2) is 3.89. The van der Waals surface area contributed by atoms with E-state index in [0.29, 0.717) is 5.75 Å². The van der Waals surface area contributed by atoms with Gasteiger partial charge in [0, 0.05) is 12.4 Å². The van der Waals surface area contributed by atoms with Crippen molar-refractivity contribution in [3.63, 3.8) is 0 Å². The molecule has 0 aliphatic heterocycles. The molecule has 0 saturated carbocycles. The molecule has 0 unspecified atom stereocenters. The number of carboxylic acids is 1. The molecule has 1 heterocycles. The van der Waals surface area contributed by atoms with Crippen molar-refractivity contribution in [2.75, 3.05) is 0 Å². The van der Waals surface area contributed by atoms with E-state index in [4.69, 9.17) is 9.84 Å². The molecule has 1 aromatic heterocycles. The number of pyridine rings is 1. The molecule has 1 N–H and O–H groups in total. The van der Waals surface area contributed by atoms with Crippen LogP contribution in [0, 0.1) is 0 Å². The van der Waals surface area contributed by atoms with Gasteiger partial charge < -0.3 is 9.84 Å². The monoisotopic (exact) mass is 181 g/mol. The highest BCUT2D eigenvalue weighted by atomic mass is 16.5. The van der Waals surface area contributed by atoms with E-state index in [9.17, 15) is 4.79 Å². The van der Waals surface area contributed by atoms with E-state index in [1.807, 2.05) is 13.8 Å². The molecule has 0 aliphatic rings. The normalized spacial score (nSPS) is 10.1. The summed E-state index contributed by atoms with van der Waals surface area (Å²) in [4.78, 5) is 14.4. The summed E-state index contributed by atoms with van der Waals surface area (Å²) < 4.78 is 5.29. The minimum Gasteiger partial charge on any atom is -0.490 e. The molecular weight excluding hydrogens is 170 g/mol. The molecule has 0 atom stereocenters. The second-order valence-corrected chi connectivity index (χ2v) is 2.84. The van der Waals surface area contributed by atoms with Crippen LogP contribution in [0.4, 0.5) is 0 Å². The summed E-state index contributed by atoms with van der Waals surface area (Å²) in [6.45, 7) is 3.68. The van der Waals surface area contributed by atoms with Crippen molar-refractivity contribution in [2.45, 2.75) is 20.0 Å². The molecule has 4 nitrogen and oxygen atoms in total. The predicted octanol–water partition coefficient (Wildman–Crippen LogP) is 1.57. The summed E-state index contributed by atoms with van der Waals surface area (Å²) in [5.41, 5.74) is 0.0937. The molecule has 4 heteroatoms. The smallest absolute Gasteiger partial charge is 0.341 e. The first-order valence-electron chi connectivity index (χ1n) is 3.95. The number of aromatic carboxylic acids is 1. The summed E-state index contributed by atoms with van der Waals surface area (Å²) in [5.74, 6) is -0.666. The Hall–Kier alpha value is -1.58. The van der Waals surface area contributed by atoms with Gasteiger partial charge in [-0.2, -0.15) is 0 Å². The summed E-state index contributed by atoms with van der Waals surface area (Å²) >= 11 is 0. The highest BCUT2D eigenvalue weighted by molar-refractivity contribution is 5.90. The minimum atomic E-state index is -1.02.